The Morgan fingerprint density at radius 3 is 1.30 bits per heavy atom. The summed E-state index contributed by atoms with van der Waals surface area (Å²) in [5, 5.41) is 0. The number of para-hydroxylation sites is 4. The molecule has 0 unspecified atom stereocenters. The van der Waals surface area contributed by atoms with Gasteiger partial charge in [0.25, 0.3) is 0 Å². The monoisotopic (exact) mass is 852 g/mol. The summed E-state index contributed by atoms with van der Waals surface area (Å²) in [4.78, 5) is 19.9. The molecule has 0 spiro atoms. The summed E-state index contributed by atoms with van der Waals surface area (Å²) in [5.41, 5.74) is 6.80. The van der Waals surface area contributed by atoms with E-state index < -0.39 is 35.0 Å². The van der Waals surface area contributed by atoms with E-state index in [1.165, 1.54) is 6.07 Å². The number of carbonyl (C=O) groups excluding carboxylic acids is 1. The highest BCUT2D eigenvalue weighted by Gasteiger charge is 2.38. The molecule has 0 bridgehead atoms. The van der Waals surface area contributed by atoms with Crippen molar-refractivity contribution < 1.29 is 25.8 Å². The van der Waals surface area contributed by atoms with Gasteiger partial charge >= 0.3 is 0 Å². The third-order valence-electron chi connectivity index (χ3n) is 11.7. The third-order valence-corrected chi connectivity index (χ3v) is 17.5. The van der Waals surface area contributed by atoms with Gasteiger partial charge in [-0.25, -0.2) is 16.8 Å². The lowest BCUT2D eigenvalue weighted by atomic mass is 9.92. The van der Waals surface area contributed by atoms with Crippen molar-refractivity contribution in [2.24, 2.45) is 0 Å². The smallest absolute Gasteiger partial charge is 0.210 e. The number of rotatable bonds is 4. The van der Waals surface area contributed by atoms with Crippen LogP contribution in [0.5, 0.6) is 0 Å². The van der Waals surface area contributed by atoms with Gasteiger partial charge in [-0.2, -0.15) is 0 Å². The first-order chi connectivity index (χ1) is 29.5. The van der Waals surface area contributed by atoms with E-state index >= 15 is 0 Å². The number of ketones is 1. The fourth-order valence-corrected chi connectivity index (χ4v) is 14.0. The lowest BCUT2D eigenvalue weighted by Gasteiger charge is -2.35. The second kappa shape index (κ2) is 13.2. The Balaban J connectivity index is 0.936. The largest absolute Gasteiger partial charge is 0.308 e. The Morgan fingerprint density at radius 1 is 0.361 bits per heavy atom. The fraction of sp³-hybridized carbons (Fsp3) is 0. The molecule has 0 radical (unpaired) electrons. The quantitative estimate of drug-likeness (QED) is 0.161. The van der Waals surface area contributed by atoms with E-state index in [4.69, 9.17) is 0 Å². The van der Waals surface area contributed by atoms with Gasteiger partial charge in [-0.3, -0.25) is 9.00 Å². The Hall–Kier alpha value is -7.05. The Morgan fingerprint density at radius 2 is 0.770 bits per heavy atom. The van der Waals surface area contributed by atoms with Gasteiger partial charge in [-0.15, -0.1) is 0 Å². The maximum atomic E-state index is 14.5. The summed E-state index contributed by atoms with van der Waals surface area (Å²) in [5.74, 6) is 3.73. The summed E-state index contributed by atoms with van der Waals surface area (Å²) >= 11 is 0. The van der Waals surface area contributed by atoms with Gasteiger partial charge in [0, 0.05) is 32.0 Å². The van der Waals surface area contributed by atoms with E-state index in [0.717, 1.165) is 22.6 Å². The molecule has 61 heavy (non-hydrogen) atoms. The molecule has 8 aromatic carbocycles. The molecule has 0 saturated heterocycles. The highest BCUT2D eigenvalue weighted by atomic mass is 32.2. The van der Waals surface area contributed by atoms with Crippen LogP contribution in [-0.4, -0.2) is 32.7 Å². The van der Waals surface area contributed by atoms with Gasteiger partial charge in [0.15, 0.2) is 5.78 Å². The minimum atomic E-state index is -4.13. The minimum Gasteiger partial charge on any atom is -0.308 e. The number of benzene rings is 8. The highest BCUT2D eigenvalue weighted by molar-refractivity contribution is 8.00. The molecule has 3 aliphatic rings. The van der Waals surface area contributed by atoms with E-state index in [1.54, 1.807) is 78.9 Å². The molecular formula is C50H32N2O6S3. The maximum Gasteiger partial charge on any atom is 0.210 e. The number of hydrogen-bond donors (Lipinski definition) is 0. The van der Waals surface area contributed by atoms with Gasteiger partial charge in [0.2, 0.25) is 19.7 Å². The van der Waals surface area contributed by atoms with Crippen molar-refractivity contribution in [3.8, 4) is 22.3 Å². The number of nitrogens with zero attached hydrogens (tertiary/aromatic N) is 2. The van der Waals surface area contributed by atoms with E-state index in [-0.39, 0.29) is 30.7 Å². The average Bonchev–Trinajstić information content (AvgIpc) is 3.29. The molecule has 0 aliphatic carbocycles. The van der Waals surface area contributed by atoms with Crippen LogP contribution >= 0.6 is 0 Å². The number of hydrogen-bond acceptors (Lipinski definition) is 8. The summed E-state index contributed by atoms with van der Waals surface area (Å²) in [6.45, 7) is 0. The van der Waals surface area contributed by atoms with Crippen LogP contribution in [0.2, 0.25) is 0 Å². The Bertz CT molecular complexity index is 3430. The lowest BCUT2D eigenvalue weighted by molar-refractivity contribution is 0.103. The molecule has 11 heteroatoms. The van der Waals surface area contributed by atoms with Crippen molar-refractivity contribution in [3.63, 3.8) is 0 Å². The third kappa shape index (κ3) is 5.37. The standard InChI is InChI=1S/C50H32N2O6S3/c1-59(54)43-16-6-2-12-39(43)51(40-13-3-7-17-44(40)59)35-26-21-32(22-27-35)34-25-30-38-48(31-34)61(57,58)47-20-10-11-37(49(47)50(38)53)33-23-28-36(29-24-33)52-41-14-4-8-18-45(41)60(55,56)46-19-9-5-15-42(46)52/h2-31H,1H2. The van der Waals surface area contributed by atoms with Crippen LogP contribution in [0.3, 0.4) is 0 Å². The summed E-state index contributed by atoms with van der Waals surface area (Å²) in [6, 6.07) is 53.6. The molecule has 3 aliphatic heterocycles. The second-order valence-electron chi connectivity index (χ2n) is 15.0. The van der Waals surface area contributed by atoms with E-state index in [1.807, 2.05) is 102 Å². The first-order valence-electron chi connectivity index (χ1n) is 19.3. The van der Waals surface area contributed by atoms with Crippen LogP contribution in [0.1, 0.15) is 15.9 Å². The van der Waals surface area contributed by atoms with Crippen molar-refractivity contribution in [1.82, 2.24) is 0 Å². The number of carbonyl (C=O) groups is 1. The molecule has 8 nitrogen and oxygen atoms in total. The summed E-state index contributed by atoms with van der Waals surface area (Å²) in [7, 11) is -10.6. The molecule has 0 N–H and O–H groups in total. The lowest BCUT2D eigenvalue weighted by Crippen LogP contribution is -2.22. The zero-order valence-corrected chi connectivity index (χ0v) is 34.5. The van der Waals surface area contributed by atoms with E-state index in [9.17, 15) is 25.8 Å². The zero-order valence-electron chi connectivity index (χ0n) is 32.1. The molecule has 3 heterocycles. The molecule has 0 amide bonds. The molecule has 0 aromatic heterocycles. The van der Waals surface area contributed by atoms with E-state index in [2.05, 4.69) is 10.8 Å². The minimum absolute atomic E-state index is 0.0550. The summed E-state index contributed by atoms with van der Waals surface area (Å²) < 4.78 is 70.0. The van der Waals surface area contributed by atoms with Crippen LogP contribution in [0.25, 0.3) is 22.3 Å². The first kappa shape index (κ1) is 37.0. The van der Waals surface area contributed by atoms with Gasteiger partial charge < -0.3 is 9.80 Å². The van der Waals surface area contributed by atoms with Gasteiger partial charge in [0.1, 0.15) is 0 Å². The van der Waals surface area contributed by atoms with Gasteiger partial charge in [-0.1, -0.05) is 91.0 Å². The van der Waals surface area contributed by atoms with Crippen LogP contribution in [0, 0.1) is 0 Å². The molecule has 0 atom stereocenters. The van der Waals surface area contributed by atoms with Crippen molar-refractivity contribution in [2.45, 2.75) is 29.4 Å². The summed E-state index contributed by atoms with van der Waals surface area (Å²) in [6.07, 6.45) is 0. The molecule has 0 fully saturated rings. The highest BCUT2D eigenvalue weighted by Crippen LogP contribution is 2.50. The number of anilines is 6. The van der Waals surface area contributed by atoms with Gasteiger partial charge in [0.05, 0.1) is 52.1 Å². The number of fused-ring (bicyclic) bond motifs is 6. The van der Waals surface area contributed by atoms with Gasteiger partial charge in [-0.05, 0) is 119 Å². The molecule has 8 aromatic rings. The molecule has 11 rings (SSSR count). The topological polar surface area (TPSA) is 109 Å². The SMILES string of the molecule is C=S1(=O)c2ccccc2N(c2ccc(-c3ccc4c(c3)S(=O)(=O)c3cccc(-c5ccc(N6c7ccccc7S(=O)(=O)c7ccccc76)cc5)c3C4=O)cc2)c2ccccc21. The van der Waals surface area contributed by atoms with Crippen molar-refractivity contribution in [3.05, 3.63) is 193 Å². The van der Waals surface area contributed by atoms with Crippen molar-refractivity contribution in [1.29, 1.82) is 0 Å². The molecule has 0 saturated carbocycles. The predicted molar refractivity (Wildman–Crippen MR) is 239 cm³/mol. The van der Waals surface area contributed by atoms with Crippen LogP contribution in [0.4, 0.5) is 34.1 Å². The predicted octanol–water partition coefficient (Wildman–Crippen LogP) is 10.9. The van der Waals surface area contributed by atoms with Crippen LogP contribution < -0.4 is 9.80 Å². The second-order valence-corrected chi connectivity index (χ2v) is 21.0. The molecular weight excluding hydrogens is 821 g/mol. The average molecular weight is 853 g/mol. The Kier molecular flexibility index (Phi) is 8.02. The first-order valence-corrected chi connectivity index (χ1v) is 24.0. The molecule has 296 valence electrons. The fourth-order valence-electron chi connectivity index (χ4n) is 8.82. The number of sulfone groups is 2. The van der Waals surface area contributed by atoms with E-state index in [0.29, 0.717) is 43.5 Å². The Labute approximate surface area is 353 Å². The van der Waals surface area contributed by atoms with Crippen LogP contribution in [-0.2, 0) is 29.2 Å². The van der Waals surface area contributed by atoms with Crippen molar-refractivity contribution >= 4 is 75.0 Å². The van der Waals surface area contributed by atoms with Crippen molar-refractivity contribution in [2.75, 3.05) is 9.80 Å². The van der Waals surface area contributed by atoms with Crippen LogP contribution in [0.15, 0.2) is 211 Å². The maximum absolute atomic E-state index is 14.5. The zero-order chi connectivity index (χ0) is 41.8. The normalized spacial score (nSPS) is 16.0.